The van der Waals surface area contributed by atoms with Gasteiger partial charge < -0.3 is 20.9 Å². The Bertz CT molecular complexity index is 906. The van der Waals surface area contributed by atoms with Crippen LogP contribution < -0.4 is 16.0 Å². The van der Waals surface area contributed by atoms with Gasteiger partial charge in [-0.05, 0) is 62.1 Å². The Morgan fingerprint density at radius 3 is 2.90 bits per heavy atom. The van der Waals surface area contributed by atoms with E-state index in [-0.39, 0.29) is 5.82 Å². The second kappa shape index (κ2) is 11.0. The standard InChI is InChI=1S/C22H29FN6/c1-2-24-22(27-13-6-5-12-26-21-7-3-4-11-25-21)28-14-10-17-16-29-20-9-8-18(23)15-19(17)20/h3-4,7-9,11,15-16,29H,2,5-6,10,12-14H2,1H3,(H,25,26)(H2,24,27,28). The number of anilines is 1. The second-order valence-electron chi connectivity index (χ2n) is 6.79. The predicted molar refractivity (Wildman–Crippen MR) is 118 cm³/mol. The van der Waals surface area contributed by atoms with Crippen molar-refractivity contribution in [1.82, 2.24) is 20.6 Å². The van der Waals surface area contributed by atoms with Gasteiger partial charge in [-0.2, -0.15) is 0 Å². The van der Waals surface area contributed by atoms with Crippen LogP contribution >= 0.6 is 0 Å². The van der Waals surface area contributed by atoms with Gasteiger partial charge in [0.05, 0.1) is 0 Å². The van der Waals surface area contributed by atoms with Crippen LogP contribution in [0.25, 0.3) is 10.9 Å². The molecule has 3 aromatic rings. The van der Waals surface area contributed by atoms with Crippen LogP contribution in [0, 0.1) is 5.82 Å². The van der Waals surface area contributed by atoms with Crippen LogP contribution in [0.15, 0.2) is 53.8 Å². The molecule has 0 saturated carbocycles. The van der Waals surface area contributed by atoms with E-state index < -0.39 is 0 Å². The highest BCUT2D eigenvalue weighted by Crippen LogP contribution is 2.19. The Labute approximate surface area is 171 Å². The number of nitrogens with zero attached hydrogens (tertiary/aromatic N) is 2. The average Bonchev–Trinajstić information content (AvgIpc) is 3.13. The molecule has 2 heterocycles. The van der Waals surface area contributed by atoms with Gasteiger partial charge in [0, 0.05) is 49.5 Å². The highest BCUT2D eigenvalue weighted by atomic mass is 19.1. The summed E-state index contributed by atoms with van der Waals surface area (Å²) in [5.41, 5.74) is 2.06. The molecular weight excluding hydrogens is 367 g/mol. The quantitative estimate of drug-likeness (QED) is 0.239. The summed E-state index contributed by atoms with van der Waals surface area (Å²) in [4.78, 5) is 12.1. The number of fused-ring (bicyclic) bond motifs is 1. The predicted octanol–water partition coefficient (Wildman–Crippen LogP) is 3.69. The van der Waals surface area contributed by atoms with Crippen LogP contribution in [0.1, 0.15) is 25.3 Å². The zero-order valence-corrected chi connectivity index (χ0v) is 16.8. The summed E-state index contributed by atoms with van der Waals surface area (Å²) in [7, 11) is 0. The van der Waals surface area contributed by atoms with Crippen molar-refractivity contribution in [3.63, 3.8) is 0 Å². The Hall–Kier alpha value is -3.09. The number of guanidine groups is 1. The lowest BCUT2D eigenvalue weighted by Gasteiger charge is -2.11. The number of unbranched alkanes of at least 4 members (excludes halogenated alkanes) is 1. The molecule has 0 aliphatic heterocycles. The van der Waals surface area contributed by atoms with Crippen molar-refractivity contribution in [3.05, 3.63) is 60.2 Å². The summed E-state index contributed by atoms with van der Waals surface area (Å²) in [6, 6.07) is 10.7. The number of aromatic amines is 1. The van der Waals surface area contributed by atoms with Gasteiger partial charge in [-0.1, -0.05) is 6.07 Å². The summed E-state index contributed by atoms with van der Waals surface area (Å²) in [6.45, 7) is 5.24. The summed E-state index contributed by atoms with van der Waals surface area (Å²) < 4.78 is 13.5. The molecule has 0 bridgehead atoms. The van der Waals surface area contributed by atoms with E-state index in [1.165, 1.54) is 6.07 Å². The van der Waals surface area contributed by atoms with Crippen LogP contribution in [0.4, 0.5) is 10.2 Å². The van der Waals surface area contributed by atoms with E-state index in [9.17, 15) is 4.39 Å². The van der Waals surface area contributed by atoms with Gasteiger partial charge in [0.15, 0.2) is 5.96 Å². The molecule has 0 atom stereocenters. The van der Waals surface area contributed by atoms with E-state index >= 15 is 0 Å². The monoisotopic (exact) mass is 396 g/mol. The van der Waals surface area contributed by atoms with Crippen LogP contribution in [0.5, 0.6) is 0 Å². The molecule has 1 aromatic carbocycles. The molecule has 29 heavy (non-hydrogen) atoms. The second-order valence-corrected chi connectivity index (χ2v) is 6.79. The molecule has 0 radical (unpaired) electrons. The van der Waals surface area contributed by atoms with E-state index in [2.05, 4.69) is 37.8 Å². The molecule has 4 N–H and O–H groups in total. The number of aromatic nitrogens is 2. The van der Waals surface area contributed by atoms with Gasteiger partial charge in [-0.15, -0.1) is 0 Å². The van der Waals surface area contributed by atoms with E-state index in [4.69, 9.17) is 0 Å². The minimum absolute atomic E-state index is 0.209. The number of pyridine rings is 1. The lowest BCUT2D eigenvalue weighted by Crippen LogP contribution is -2.38. The van der Waals surface area contributed by atoms with Gasteiger partial charge in [-0.25, -0.2) is 9.37 Å². The summed E-state index contributed by atoms with van der Waals surface area (Å²) >= 11 is 0. The first kappa shape index (κ1) is 20.6. The maximum absolute atomic E-state index is 13.5. The first-order valence-corrected chi connectivity index (χ1v) is 10.2. The number of aliphatic imine (C=N–C) groups is 1. The van der Waals surface area contributed by atoms with Crippen LogP contribution in [-0.4, -0.2) is 42.1 Å². The SMILES string of the molecule is CCNC(=NCCCCNc1ccccn1)NCCc1c[nH]c2ccc(F)cc12. The van der Waals surface area contributed by atoms with Crippen LogP contribution in [0.2, 0.25) is 0 Å². The Morgan fingerprint density at radius 1 is 1.14 bits per heavy atom. The topological polar surface area (TPSA) is 77.1 Å². The maximum Gasteiger partial charge on any atom is 0.191 e. The molecule has 0 aliphatic carbocycles. The van der Waals surface area contributed by atoms with Crippen molar-refractivity contribution in [2.45, 2.75) is 26.2 Å². The number of H-pyrrole nitrogens is 1. The van der Waals surface area contributed by atoms with Crippen molar-refractivity contribution in [2.75, 3.05) is 31.5 Å². The summed E-state index contributed by atoms with van der Waals surface area (Å²) in [5, 5.41) is 10.9. The number of rotatable bonds is 10. The fourth-order valence-electron chi connectivity index (χ4n) is 3.13. The average molecular weight is 397 g/mol. The third-order valence-corrected chi connectivity index (χ3v) is 4.59. The van der Waals surface area contributed by atoms with E-state index in [1.807, 2.05) is 24.4 Å². The maximum atomic E-state index is 13.5. The molecule has 0 unspecified atom stereocenters. The van der Waals surface area contributed by atoms with Gasteiger partial charge in [0.2, 0.25) is 0 Å². The number of nitrogens with one attached hydrogen (secondary N) is 4. The van der Waals surface area contributed by atoms with Gasteiger partial charge in [0.25, 0.3) is 0 Å². The molecule has 0 aliphatic rings. The zero-order valence-electron chi connectivity index (χ0n) is 16.8. The van der Waals surface area contributed by atoms with Crippen molar-refractivity contribution in [3.8, 4) is 0 Å². The molecule has 3 rings (SSSR count). The molecule has 0 amide bonds. The largest absolute Gasteiger partial charge is 0.370 e. The molecule has 0 saturated heterocycles. The first-order chi connectivity index (χ1) is 14.3. The number of hydrogen-bond donors (Lipinski definition) is 4. The highest BCUT2D eigenvalue weighted by Gasteiger charge is 2.05. The minimum atomic E-state index is -0.209. The molecule has 7 heteroatoms. The lowest BCUT2D eigenvalue weighted by molar-refractivity contribution is 0.629. The Morgan fingerprint density at radius 2 is 2.07 bits per heavy atom. The third-order valence-electron chi connectivity index (χ3n) is 4.59. The summed E-state index contributed by atoms with van der Waals surface area (Å²) in [6.07, 6.45) is 6.55. The fraction of sp³-hybridized carbons (Fsp3) is 0.364. The smallest absolute Gasteiger partial charge is 0.191 e. The van der Waals surface area contributed by atoms with Gasteiger partial charge >= 0.3 is 0 Å². The molecular formula is C22H29FN6. The number of halogens is 1. The zero-order chi connectivity index (χ0) is 20.3. The van der Waals surface area contributed by atoms with Crippen molar-refractivity contribution in [1.29, 1.82) is 0 Å². The van der Waals surface area contributed by atoms with Crippen LogP contribution in [0.3, 0.4) is 0 Å². The molecule has 0 spiro atoms. The first-order valence-electron chi connectivity index (χ1n) is 10.2. The fourth-order valence-corrected chi connectivity index (χ4v) is 3.13. The lowest BCUT2D eigenvalue weighted by atomic mass is 10.1. The third kappa shape index (κ3) is 6.48. The van der Waals surface area contributed by atoms with E-state index in [1.54, 1.807) is 18.3 Å². The molecule has 6 nitrogen and oxygen atoms in total. The van der Waals surface area contributed by atoms with Gasteiger partial charge in [-0.3, -0.25) is 4.99 Å². The van der Waals surface area contributed by atoms with Gasteiger partial charge in [0.1, 0.15) is 11.6 Å². The summed E-state index contributed by atoms with van der Waals surface area (Å²) in [5.74, 6) is 1.51. The molecule has 0 fully saturated rings. The van der Waals surface area contributed by atoms with E-state index in [0.29, 0.717) is 0 Å². The Kier molecular flexibility index (Phi) is 7.86. The highest BCUT2D eigenvalue weighted by molar-refractivity contribution is 5.83. The van der Waals surface area contributed by atoms with Crippen molar-refractivity contribution >= 4 is 22.7 Å². The normalized spacial score (nSPS) is 11.6. The molecule has 2 aromatic heterocycles. The number of benzene rings is 1. The van der Waals surface area contributed by atoms with Crippen molar-refractivity contribution < 1.29 is 4.39 Å². The van der Waals surface area contributed by atoms with Crippen LogP contribution in [-0.2, 0) is 6.42 Å². The van der Waals surface area contributed by atoms with Crippen molar-refractivity contribution in [2.24, 2.45) is 4.99 Å². The van der Waals surface area contributed by atoms with E-state index in [0.717, 1.165) is 73.7 Å². The minimum Gasteiger partial charge on any atom is -0.370 e. The number of hydrogen-bond acceptors (Lipinski definition) is 3. The Balaban J connectivity index is 1.40. The molecule has 154 valence electrons.